The predicted molar refractivity (Wildman–Crippen MR) is 93.8 cm³/mol. The van der Waals surface area contributed by atoms with Crippen molar-refractivity contribution in [3.8, 4) is 0 Å². The number of benzene rings is 2. The number of carbonyl (C=O) groups is 2. The van der Waals surface area contributed by atoms with Crippen LogP contribution in [0.4, 0.5) is 5.69 Å². The van der Waals surface area contributed by atoms with Crippen LogP contribution in [0.1, 0.15) is 11.1 Å². The highest BCUT2D eigenvalue weighted by molar-refractivity contribution is 6.39. The molecule has 0 spiro atoms. The Kier molecular flexibility index (Phi) is 4.38. The third kappa shape index (κ3) is 3.49. The molecule has 0 aliphatic heterocycles. The van der Waals surface area contributed by atoms with Gasteiger partial charge in [-0.2, -0.15) is 5.10 Å². The highest BCUT2D eigenvalue weighted by Gasteiger charge is 2.12. The van der Waals surface area contributed by atoms with Gasteiger partial charge in [0.15, 0.2) is 0 Å². The Balaban J connectivity index is 1.61. The predicted octanol–water partition coefficient (Wildman–Crippen LogP) is 2.57. The SMILES string of the molecule is Cc1cccc(NC(=O)C(=O)NN=Cc2c[nH]c3ccccc23)c1. The second kappa shape index (κ2) is 6.78. The number of carbonyl (C=O) groups excluding carboxylic acids is 2. The molecule has 0 fully saturated rings. The third-order valence-corrected chi connectivity index (χ3v) is 3.47. The second-order valence-corrected chi connectivity index (χ2v) is 5.31. The van der Waals surface area contributed by atoms with Crippen molar-refractivity contribution < 1.29 is 9.59 Å². The van der Waals surface area contributed by atoms with E-state index in [2.05, 4.69) is 20.8 Å². The van der Waals surface area contributed by atoms with Crippen LogP contribution in [-0.4, -0.2) is 23.0 Å². The van der Waals surface area contributed by atoms with Gasteiger partial charge in [0, 0.05) is 28.4 Å². The molecule has 0 saturated carbocycles. The number of fused-ring (bicyclic) bond motifs is 1. The van der Waals surface area contributed by atoms with E-state index in [1.807, 2.05) is 37.3 Å². The number of aromatic nitrogens is 1. The summed E-state index contributed by atoms with van der Waals surface area (Å²) in [4.78, 5) is 26.7. The van der Waals surface area contributed by atoms with Gasteiger partial charge in [-0.25, -0.2) is 5.43 Å². The molecule has 1 heterocycles. The van der Waals surface area contributed by atoms with E-state index in [4.69, 9.17) is 0 Å². The minimum atomic E-state index is -0.826. The molecule has 1 aromatic heterocycles. The molecule has 0 aliphatic carbocycles. The van der Waals surface area contributed by atoms with Gasteiger partial charge in [0.2, 0.25) is 0 Å². The normalized spacial score (nSPS) is 10.9. The van der Waals surface area contributed by atoms with E-state index in [0.29, 0.717) is 5.69 Å². The van der Waals surface area contributed by atoms with Gasteiger partial charge in [-0.15, -0.1) is 0 Å². The number of rotatable bonds is 3. The van der Waals surface area contributed by atoms with Crippen LogP contribution in [0.15, 0.2) is 59.8 Å². The molecular weight excluding hydrogens is 304 g/mol. The molecule has 6 nitrogen and oxygen atoms in total. The summed E-state index contributed by atoms with van der Waals surface area (Å²) < 4.78 is 0. The van der Waals surface area contributed by atoms with E-state index in [9.17, 15) is 9.59 Å². The number of nitrogens with one attached hydrogen (secondary N) is 3. The van der Waals surface area contributed by atoms with Gasteiger partial charge in [0.1, 0.15) is 0 Å². The first-order valence-electron chi connectivity index (χ1n) is 7.40. The first-order valence-corrected chi connectivity index (χ1v) is 7.40. The van der Waals surface area contributed by atoms with Crippen LogP contribution in [0, 0.1) is 6.92 Å². The summed E-state index contributed by atoms with van der Waals surface area (Å²) in [7, 11) is 0. The molecule has 120 valence electrons. The number of para-hydroxylation sites is 1. The highest BCUT2D eigenvalue weighted by atomic mass is 16.2. The molecule has 0 atom stereocenters. The van der Waals surface area contributed by atoms with Crippen LogP contribution >= 0.6 is 0 Å². The van der Waals surface area contributed by atoms with Gasteiger partial charge in [-0.1, -0.05) is 30.3 Å². The standard InChI is InChI=1S/C18H16N4O2/c1-12-5-4-6-14(9-12)21-17(23)18(24)22-20-11-13-10-19-16-8-3-2-7-15(13)16/h2-11,19H,1H3,(H,21,23)(H,22,24). The van der Waals surface area contributed by atoms with Gasteiger partial charge in [0.25, 0.3) is 0 Å². The number of aryl methyl sites for hydroxylation is 1. The number of H-pyrrole nitrogens is 1. The fraction of sp³-hybridized carbons (Fsp3) is 0.0556. The number of aromatic amines is 1. The van der Waals surface area contributed by atoms with Crippen LogP contribution in [0.25, 0.3) is 10.9 Å². The fourth-order valence-corrected chi connectivity index (χ4v) is 2.32. The number of amides is 2. The zero-order chi connectivity index (χ0) is 16.9. The molecule has 3 rings (SSSR count). The zero-order valence-electron chi connectivity index (χ0n) is 13.0. The molecule has 0 unspecified atom stereocenters. The van der Waals surface area contributed by atoms with Crippen molar-refractivity contribution >= 4 is 34.6 Å². The number of hydrogen-bond acceptors (Lipinski definition) is 3. The molecule has 0 radical (unpaired) electrons. The minimum Gasteiger partial charge on any atom is -0.361 e. The largest absolute Gasteiger partial charge is 0.361 e. The van der Waals surface area contributed by atoms with Crippen molar-refractivity contribution in [2.75, 3.05) is 5.32 Å². The maximum Gasteiger partial charge on any atom is 0.329 e. The summed E-state index contributed by atoms with van der Waals surface area (Å²) in [5.74, 6) is -1.59. The van der Waals surface area contributed by atoms with Crippen LogP contribution in [0.5, 0.6) is 0 Å². The first kappa shape index (κ1) is 15.5. The molecule has 6 heteroatoms. The summed E-state index contributed by atoms with van der Waals surface area (Å²) in [6, 6.07) is 14.9. The number of hydrazone groups is 1. The van der Waals surface area contributed by atoms with Gasteiger partial charge in [-0.05, 0) is 30.7 Å². The van der Waals surface area contributed by atoms with Crippen molar-refractivity contribution in [2.24, 2.45) is 5.10 Å². The van der Waals surface area contributed by atoms with Gasteiger partial charge in [0.05, 0.1) is 6.21 Å². The van der Waals surface area contributed by atoms with Gasteiger partial charge in [-0.3, -0.25) is 9.59 Å². The summed E-state index contributed by atoms with van der Waals surface area (Å²) in [6.45, 7) is 1.90. The molecule has 2 aromatic carbocycles. The maximum absolute atomic E-state index is 11.8. The molecular formula is C18H16N4O2. The fourth-order valence-electron chi connectivity index (χ4n) is 2.32. The van der Waals surface area contributed by atoms with Crippen molar-refractivity contribution in [1.29, 1.82) is 0 Å². The Labute approximate surface area is 138 Å². The lowest BCUT2D eigenvalue weighted by atomic mass is 10.2. The lowest BCUT2D eigenvalue weighted by molar-refractivity contribution is -0.136. The molecule has 0 aliphatic rings. The van der Waals surface area contributed by atoms with Crippen LogP contribution in [-0.2, 0) is 9.59 Å². The lowest BCUT2D eigenvalue weighted by Gasteiger charge is -2.04. The first-order chi connectivity index (χ1) is 11.6. The van der Waals surface area contributed by atoms with Crippen molar-refractivity contribution in [1.82, 2.24) is 10.4 Å². The monoisotopic (exact) mass is 320 g/mol. The van der Waals surface area contributed by atoms with Gasteiger partial charge < -0.3 is 10.3 Å². The van der Waals surface area contributed by atoms with E-state index >= 15 is 0 Å². The average Bonchev–Trinajstić information content (AvgIpc) is 2.98. The molecule has 0 saturated heterocycles. The lowest BCUT2D eigenvalue weighted by Crippen LogP contribution is -2.32. The third-order valence-electron chi connectivity index (χ3n) is 3.47. The molecule has 2 amide bonds. The smallest absolute Gasteiger partial charge is 0.329 e. The summed E-state index contributed by atoms with van der Waals surface area (Å²) in [5, 5.41) is 7.35. The van der Waals surface area contributed by atoms with Crippen molar-refractivity contribution in [3.05, 3.63) is 65.9 Å². The van der Waals surface area contributed by atoms with Crippen LogP contribution in [0.2, 0.25) is 0 Å². The Morgan fingerprint density at radius 2 is 1.92 bits per heavy atom. The Morgan fingerprint density at radius 1 is 1.08 bits per heavy atom. The average molecular weight is 320 g/mol. The number of nitrogens with zero attached hydrogens (tertiary/aromatic N) is 1. The van der Waals surface area contributed by atoms with E-state index in [1.165, 1.54) is 6.21 Å². The van der Waals surface area contributed by atoms with Crippen molar-refractivity contribution in [3.63, 3.8) is 0 Å². The van der Waals surface area contributed by atoms with E-state index in [-0.39, 0.29) is 0 Å². The topological polar surface area (TPSA) is 86.3 Å². The summed E-state index contributed by atoms with van der Waals surface area (Å²) in [6.07, 6.45) is 3.28. The van der Waals surface area contributed by atoms with Crippen LogP contribution in [0.3, 0.4) is 0 Å². The number of hydrogen-bond donors (Lipinski definition) is 3. The molecule has 24 heavy (non-hydrogen) atoms. The van der Waals surface area contributed by atoms with E-state index < -0.39 is 11.8 Å². The van der Waals surface area contributed by atoms with Crippen molar-refractivity contribution in [2.45, 2.75) is 6.92 Å². The van der Waals surface area contributed by atoms with Crippen LogP contribution < -0.4 is 10.7 Å². The maximum atomic E-state index is 11.8. The number of anilines is 1. The zero-order valence-corrected chi connectivity index (χ0v) is 13.0. The molecule has 3 aromatic rings. The quantitative estimate of drug-likeness (QED) is 0.393. The second-order valence-electron chi connectivity index (χ2n) is 5.31. The summed E-state index contributed by atoms with van der Waals surface area (Å²) >= 11 is 0. The Hall–Kier alpha value is -3.41. The van der Waals surface area contributed by atoms with Gasteiger partial charge >= 0.3 is 11.8 Å². The van der Waals surface area contributed by atoms with E-state index in [1.54, 1.807) is 24.4 Å². The Bertz CT molecular complexity index is 927. The Morgan fingerprint density at radius 3 is 2.75 bits per heavy atom. The molecule has 3 N–H and O–H groups in total. The highest BCUT2D eigenvalue weighted by Crippen LogP contribution is 2.15. The van der Waals surface area contributed by atoms with E-state index in [0.717, 1.165) is 22.0 Å². The molecule has 0 bridgehead atoms. The summed E-state index contributed by atoms with van der Waals surface area (Å²) in [5.41, 5.74) is 5.58. The minimum absolute atomic E-state index is 0.566.